The molecule has 1 N–H and O–H groups in total. The van der Waals surface area contributed by atoms with Gasteiger partial charge in [0, 0.05) is 21.9 Å². The number of nitrogens with one attached hydrogen (secondary N) is 1. The number of allylic oxidation sites excluding steroid dienone is 1. The van der Waals surface area contributed by atoms with Crippen LogP contribution in [0.2, 0.25) is 0 Å². The molecule has 1 aromatic heterocycles. The average molecular weight is 454 g/mol. The number of hydrogen-bond donors (Lipinski definition) is 1. The van der Waals surface area contributed by atoms with Crippen molar-refractivity contribution in [2.24, 2.45) is 0 Å². The van der Waals surface area contributed by atoms with Crippen molar-refractivity contribution in [1.29, 1.82) is 0 Å². The van der Waals surface area contributed by atoms with E-state index in [0.29, 0.717) is 5.25 Å². The van der Waals surface area contributed by atoms with Crippen molar-refractivity contribution in [2.45, 2.75) is 111 Å². The molecule has 174 valence electrons. The molecule has 4 heteroatoms. The zero-order valence-corrected chi connectivity index (χ0v) is 23.2. The molecular formula is C26H47NOS2. The summed E-state index contributed by atoms with van der Waals surface area (Å²) in [5.41, 5.74) is 6.32. The Bertz CT molecular complexity index is 763. The van der Waals surface area contributed by atoms with E-state index in [2.05, 4.69) is 80.2 Å². The summed E-state index contributed by atoms with van der Waals surface area (Å²) in [4.78, 5) is 3.13. The Morgan fingerprint density at radius 1 is 0.933 bits per heavy atom. The number of hydrogen-bond acceptors (Lipinski definition) is 3. The van der Waals surface area contributed by atoms with E-state index in [0.717, 1.165) is 6.61 Å². The molecule has 1 aromatic rings. The average Bonchev–Trinajstić information content (AvgIpc) is 2.98. The Morgan fingerprint density at radius 3 is 2.10 bits per heavy atom. The van der Waals surface area contributed by atoms with Gasteiger partial charge >= 0.3 is 0 Å². The van der Waals surface area contributed by atoms with Gasteiger partial charge < -0.3 is 4.74 Å². The summed E-state index contributed by atoms with van der Waals surface area (Å²) in [5.74, 6) is 1.29. The zero-order valence-electron chi connectivity index (χ0n) is 21.5. The second-order valence-electron chi connectivity index (χ2n) is 11.3. The van der Waals surface area contributed by atoms with Crippen LogP contribution in [0.1, 0.15) is 107 Å². The smallest absolute Gasteiger partial charge is 0.0598 e. The van der Waals surface area contributed by atoms with Crippen molar-refractivity contribution in [3.63, 3.8) is 0 Å². The van der Waals surface area contributed by atoms with Crippen LogP contribution in [0.25, 0.3) is 5.57 Å². The van der Waals surface area contributed by atoms with Crippen LogP contribution in [0.3, 0.4) is 0 Å². The van der Waals surface area contributed by atoms with Gasteiger partial charge in [0.25, 0.3) is 0 Å². The zero-order chi connectivity index (χ0) is 22.9. The Morgan fingerprint density at radius 2 is 1.53 bits per heavy atom. The first kappa shape index (κ1) is 26.0. The van der Waals surface area contributed by atoms with E-state index in [1.165, 1.54) is 47.4 Å². The first-order valence-corrected chi connectivity index (χ1v) is 14.7. The van der Waals surface area contributed by atoms with E-state index in [1.807, 2.05) is 11.3 Å². The highest BCUT2D eigenvalue weighted by molar-refractivity contribution is 8.32. The van der Waals surface area contributed by atoms with Gasteiger partial charge in [0.1, 0.15) is 0 Å². The van der Waals surface area contributed by atoms with Crippen LogP contribution < -0.4 is 4.72 Å². The molecule has 2 unspecified atom stereocenters. The van der Waals surface area contributed by atoms with Gasteiger partial charge in [0.2, 0.25) is 0 Å². The summed E-state index contributed by atoms with van der Waals surface area (Å²) in [6.45, 7) is 23.6. The summed E-state index contributed by atoms with van der Waals surface area (Å²) in [6.07, 6.45) is 7.59. The molecule has 2 nitrogen and oxygen atoms in total. The molecule has 1 heterocycles. The van der Waals surface area contributed by atoms with Crippen molar-refractivity contribution in [3.05, 3.63) is 26.5 Å². The highest BCUT2D eigenvalue weighted by Gasteiger charge is 2.41. The van der Waals surface area contributed by atoms with Gasteiger partial charge in [-0.3, -0.25) is 4.72 Å². The molecule has 1 aliphatic rings. The predicted molar refractivity (Wildman–Crippen MR) is 140 cm³/mol. The van der Waals surface area contributed by atoms with Crippen LogP contribution in [0.5, 0.6) is 0 Å². The molecule has 0 aliphatic heterocycles. The number of aryl methyl sites for hydroxylation is 1. The number of rotatable bonds is 9. The SMILES string of the molecule is CC1=C(C)C(S(C)(CCCCCCOC(C)(C)C)NC(C)(C)C)c2sc(C)c(C)c21. The third-order valence-electron chi connectivity index (χ3n) is 6.07. The third-order valence-corrected chi connectivity index (χ3v) is 11.3. The first-order valence-electron chi connectivity index (χ1n) is 11.6. The van der Waals surface area contributed by atoms with Crippen molar-refractivity contribution in [2.75, 3.05) is 18.6 Å². The second-order valence-corrected chi connectivity index (χ2v) is 16.0. The lowest BCUT2D eigenvalue weighted by molar-refractivity contribution is -0.00470. The molecule has 0 amide bonds. The van der Waals surface area contributed by atoms with E-state index < -0.39 is 10.2 Å². The van der Waals surface area contributed by atoms with Crippen LogP contribution in [-0.2, 0) is 4.74 Å². The molecule has 2 rings (SSSR count). The van der Waals surface area contributed by atoms with E-state index >= 15 is 0 Å². The third kappa shape index (κ3) is 6.37. The monoisotopic (exact) mass is 453 g/mol. The fraction of sp³-hybridized carbons (Fsp3) is 0.769. The minimum Gasteiger partial charge on any atom is -0.376 e. The number of fused-ring (bicyclic) bond motifs is 1. The molecule has 0 radical (unpaired) electrons. The number of unbranched alkanes of at least 4 members (excludes halogenated alkanes) is 3. The molecule has 30 heavy (non-hydrogen) atoms. The lowest BCUT2D eigenvalue weighted by atomic mass is 10.1. The Hall–Kier alpha value is -0.290. The lowest BCUT2D eigenvalue weighted by Crippen LogP contribution is -2.41. The van der Waals surface area contributed by atoms with Crippen molar-refractivity contribution in [3.8, 4) is 0 Å². The fourth-order valence-corrected chi connectivity index (χ4v) is 10.9. The van der Waals surface area contributed by atoms with Crippen molar-refractivity contribution in [1.82, 2.24) is 4.72 Å². The Kier molecular flexibility index (Phi) is 8.38. The van der Waals surface area contributed by atoms with E-state index in [4.69, 9.17) is 4.74 Å². The highest BCUT2D eigenvalue weighted by atomic mass is 32.3. The van der Waals surface area contributed by atoms with Crippen LogP contribution in [0, 0.1) is 13.8 Å². The maximum Gasteiger partial charge on any atom is 0.0598 e. The molecular weight excluding hydrogens is 406 g/mol. The Balaban J connectivity index is 2.12. The molecule has 0 aromatic carbocycles. The topological polar surface area (TPSA) is 21.3 Å². The van der Waals surface area contributed by atoms with Crippen LogP contribution in [-0.4, -0.2) is 29.8 Å². The standard InChI is InChI=1S/C26H47NOS2/c1-18-19(2)24(23-22(18)20(3)21(4)29-23)30(11,27-25(5,6)7)17-15-13-12-14-16-28-26(8,9)10/h24,27H,12-17H2,1-11H3. The summed E-state index contributed by atoms with van der Waals surface area (Å²) in [7, 11) is -1.02. The number of ether oxygens (including phenoxy) is 1. The van der Waals surface area contributed by atoms with E-state index in [9.17, 15) is 0 Å². The summed E-state index contributed by atoms with van der Waals surface area (Å²) < 4.78 is 10.0. The van der Waals surface area contributed by atoms with Gasteiger partial charge in [-0.05, 0) is 111 Å². The summed E-state index contributed by atoms with van der Waals surface area (Å²) in [6, 6.07) is 0. The van der Waals surface area contributed by atoms with Crippen LogP contribution in [0.15, 0.2) is 5.57 Å². The minimum absolute atomic E-state index is 0.0157. The van der Waals surface area contributed by atoms with Gasteiger partial charge in [-0.25, -0.2) is 0 Å². The van der Waals surface area contributed by atoms with Gasteiger partial charge in [0.05, 0.1) is 10.9 Å². The van der Waals surface area contributed by atoms with Crippen molar-refractivity contribution >= 4 is 27.1 Å². The normalized spacial score (nSPS) is 20.4. The summed E-state index contributed by atoms with van der Waals surface area (Å²) in [5, 5.41) is 0.563. The fourth-order valence-electron chi connectivity index (χ4n) is 4.68. The quantitative estimate of drug-likeness (QED) is 0.379. The van der Waals surface area contributed by atoms with Gasteiger partial charge in [0.15, 0.2) is 0 Å². The van der Waals surface area contributed by atoms with Gasteiger partial charge in [-0.1, -0.05) is 18.4 Å². The molecule has 0 fully saturated rings. The molecule has 1 aliphatic carbocycles. The minimum atomic E-state index is -1.02. The van der Waals surface area contributed by atoms with E-state index in [-0.39, 0.29) is 11.1 Å². The van der Waals surface area contributed by atoms with Crippen LogP contribution in [0.4, 0.5) is 0 Å². The molecule has 2 atom stereocenters. The highest BCUT2D eigenvalue weighted by Crippen LogP contribution is 2.65. The predicted octanol–water partition coefficient (Wildman–Crippen LogP) is 8.33. The van der Waals surface area contributed by atoms with E-state index in [1.54, 1.807) is 16.0 Å². The van der Waals surface area contributed by atoms with Gasteiger partial charge in [-0.2, -0.15) is 10.2 Å². The lowest BCUT2D eigenvalue weighted by Gasteiger charge is -2.48. The summed E-state index contributed by atoms with van der Waals surface area (Å²) >= 11 is 2.05. The molecule has 0 saturated heterocycles. The molecule has 0 saturated carbocycles. The first-order chi connectivity index (χ1) is 13.7. The van der Waals surface area contributed by atoms with Crippen LogP contribution >= 0.6 is 21.6 Å². The number of thiophene rings is 1. The Labute approximate surface area is 192 Å². The molecule has 0 bridgehead atoms. The largest absolute Gasteiger partial charge is 0.376 e. The van der Waals surface area contributed by atoms with Gasteiger partial charge in [-0.15, -0.1) is 11.3 Å². The maximum absolute atomic E-state index is 5.89. The van der Waals surface area contributed by atoms with Crippen molar-refractivity contribution < 1.29 is 4.74 Å². The molecule has 0 spiro atoms. The second kappa shape index (κ2) is 9.68. The maximum atomic E-state index is 5.89.